The first kappa shape index (κ1) is 27.0. The third kappa shape index (κ3) is 5.51. The van der Waals surface area contributed by atoms with Gasteiger partial charge in [-0.25, -0.2) is 4.98 Å². The van der Waals surface area contributed by atoms with E-state index in [0.29, 0.717) is 5.95 Å². The SMILES string of the molecule is CC(=O)c1c(C)cc(C)c(CSc2nc3ccc(Nc4nc(N5CCCC5)nc(N5CCCC5)n4)cc3s2)c1C. The van der Waals surface area contributed by atoms with E-state index in [1.54, 1.807) is 30.0 Å². The lowest BCUT2D eigenvalue weighted by Crippen LogP contribution is -2.25. The van der Waals surface area contributed by atoms with Gasteiger partial charge in [0.05, 0.1) is 10.2 Å². The Bertz CT molecular complexity index is 1540. The number of anilines is 4. The van der Waals surface area contributed by atoms with Crippen molar-refractivity contribution < 1.29 is 4.79 Å². The third-order valence-electron chi connectivity index (χ3n) is 7.84. The fraction of sp³-hybridized carbons (Fsp3) is 0.433. The molecule has 2 aliphatic rings. The van der Waals surface area contributed by atoms with E-state index in [2.05, 4.69) is 47.2 Å². The summed E-state index contributed by atoms with van der Waals surface area (Å²) in [5.74, 6) is 3.03. The van der Waals surface area contributed by atoms with Crippen LogP contribution in [0.25, 0.3) is 10.2 Å². The van der Waals surface area contributed by atoms with E-state index >= 15 is 0 Å². The summed E-state index contributed by atoms with van der Waals surface area (Å²) in [6.07, 6.45) is 4.71. The monoisotopic (exact) mass is 573 g/mol. The van der Waals surface area contributed by atoms with E-state index in [1.165, 1.54) is 36.8 Å². The van der Waals surface area contributed by atoms with Gasteiger partial charge in [-0.05, 0) is 93.8 Å². The zero-order valence-electron chi connectivity index (χ0n) is 23.6. The number of nitrogens with zero attached hydrogens (tertiary/aromatic N) is 6. The number of benzene rings is 2. The molecule has 0 radical (unpaired) electrons. The molecule has 1 N–H and O–H groups in total. The summed E-state index contributed by atoms with van der Waals surface area (Å²) in [5, 5.41) is 3.45. The van der Waals surface area contributed by atoms with Gasteiger partial charge in [-0.2, -0.15) is 15.0 Å². The number of fused-ring (bicyclic) bond motifs is 1. The summed E-state index contributed by atoms with van der Waals surface area (Å²) in [4.78, 5) is 36.1. The maximum absolute atomic E-state index is 12.2. The van der Waals surface area contributed by atoms with Gasteiger partial charge in [-0.15, -0.1) is 11.3 Å². The fourth-order valence-corrected chi connectivity index (χ4v) is 8.12. The molecule has 10 heteroatoms. The summed E-state index contributed by atoms with van der Waals surface area (Å²) in [5.41, 5.74) is 7.35. The van der Waals surface area contributed by atoms with Gasteiger partial charge in [0.15, 0.2) is 10.1 Å². The van der Waals surface area contributed by atoms with Crippen molar-refractivity contribution in [2.75, 3.05) is 41.3 Å². The quantitative estimate of drug-likeness (QED) is 0.180. The topological polar surface area (TPSA) is 87.1 Å². The number of nitrogens with one attached hydrogen (secondary N) is 1. The second kappa shape index (κ2) is 11.3. The second-order valence-corrected chi connectivity index (χ2v) is 13.0. The van der Waals surface area contributed by atoms with Crippen molar-refractivity contribution in [3.8, 4) is 0 Å². The van der Waals surface area contributed by atoms with E-state index < -0.39 is 0 Å². The molecule has 4 heterocycles. The first-order valence-electron chi connectivity index (χ1n) is 14.0. The third-order valence-corrected chi connectivity index (χ3v) is 10.0. The molecule has 8 nitrogen and oxygen atoms in total. The van der Waals surface area contributed by atoms with Gasteiger partial charge in [-0.3, -0.25) is 4.79 Å². The largest absolute Gasteiger partial charge is 0.341 e. The molecule has 40 heavy (non-hydrogen) atoms. The Balaban J connectivity index is 1.22. The number of hydrogen-bond acceptors (Lipinski definition) is 10. The molecule has 6 rings (SSSR count). The van der Waals surface area contributed by atoms with Crippen LogP contribution in [0.3, 0.4) is 0 Å². The lowest BCUT2D eigenvalue weighted by Gasteiger charge is -2.20. The molecular formula is C30H35N7OS2. The molecule has 2 fully saturated rings. The Hall–Kier alpha value is -3.24. The lowest BCUT2D eigenvalue weighted by molar-refractivity contribution is 0.101. The highest BCUT2D eigenvalue weighted by Crippen LogP contribution is 2.35. The maximum atomic E-state index is 12.2. The molecule has 0 saturated carbocycles. The van der Waals surface area contributed by atoms with Crippen molar-refractivity contribution >= 4 is 62.6 Å². The molecule has 2 saturated heterocycles. The Morgan fingerprint density at radius 1 is 0.900 bits per heavy atom. The second-order valence-electron chi connectivity index (χ2n) is 10.8. The number of Topliss-reactive ketones (excluding diaryl/α,β-unsaturated/α-hetero) is 1. The molecule has 2 aromatic carbocycles. The molecule has 4 aromatic rings. The minimum Gasteiger partial charge on any atom is -0.341 e. The molecular weight excluding hydrogens is 539 g/mol. The minimum atomic E-state index is 0.125. The summed E-state index contributed by atoms with van der Waals surface area (Å²) in [6, 6.07) is 8.35. The number of aryl methyl sites for hydroxylation is 2. The summed E-state index contributed by atoms with van der Waals surface area (Å²) < 4.78 is 2.13. The molecule has 208 valence electrons. The molecule has 0 unspecified atom stereocenters. The normalized spacial score (nSPS) is 15.4. The number of thioether (sulfide) groups is 1. The average Bonchev–Trinajstić information content (AvgIpc) is 3.70. The Kier molecular flexibility index (Phi) is 7.63. The van der Waals surface area contributed by atoms with Crippen LogP contribution < -0.4 is 15.1 Å². The van der Waals surface area contributed by atoms with E-state index in [0.717, 1.165) is 80.8 Å². The number of ketones is 1. The number of thiazole rings is 1. The zero-order valence-corrected chi connectivity index (χ0v) is 25.2. The van der Waals surface area contributed by atoms with E-state index in [4.69, 9.17) is 19.9 Å². The Labute approximate surface area is 243 Å². The lowest BCUT2D eigenvalue weighted by atomic mass is 9.92. The van der Waals surface area contributed by atoms with Crippen LogP contribution in [0.1, 0.15) is 65.2 Å². The van der Waals surface area contributed by atoms with Crippen LogP contribution in [0, 0.1) is 20.8 Å². The summed E-state index contributed by atoms with van der Waals surface area (Å²) >= 11 is 3.42. The van der Waals surface area contributed by atoms with E-state index in [9.17, 15) is 4.79 Å². The van der Waals surface area contributed by atoms with Gasteiger partial charge < -0.3 is 15.1 Å². The number of carbonyl (C=O) groups excluding carboxylic acids is 1. The zero-order chi connectivity index (χ0) is 27.8. The standard InChI is InChI=1S/C30H35N7OS2/c1-18-15-19(2)26(21(4)38)20(3)23(18)17-39-30-32-24-10-9-22(16-25(24)40-30)31-27-33-28(36-11-5-6-12-36)35-29(34-27)37-13-7-8-14-37/h9-10,15-16H,5-8,11-14,17H2,1-4H3,(H,31,33,34,35). The molecule has 2 aliphatic heterocycles. The van der Waals surface area contributed by atoms with Crippen LogP contribution in [-0.4, -0.2) is 51.9 Å². The van der Waals surface area contributed by atoms with Crippen molar-refractivity contribution in [3.63, 3.8) is 0 Å². The predicted molar refractivity (Wildman–Crippen MR) is 166 cm³/mol. The average molecular weight is 574 g/mol. The Morgan fingerprint density at radius 3 is 2.17 bits per heavy atom. The first-order chi connectivity index (χ1) is 19.4. The highest BCUT2D eigenvalue weighted by molar-refractivity contribution is 8.00. The molecule has 0 aliphatic carbocycles. The van der Waals surface area contributed by atoms with Crippen LogP contribution in [-0.2, 0) is 5.75 Å². The smallest absolute Gasteiger partial charge is 0.233 e. The molecule has 0 bridgehead atoms. The number of rotatable bonds is 8. The predicted octanol–water partition coefficient (Wildman–Crippen LogP) is 6.85. The van der Waals surface area contributed by atoms with Crippen LogP contribution in [0.2, 0.25) is 0 Å². The highest BCUT2D eigenvalue weighted by Gasteiger charge is 2.22. The van der Waals surface area contributed by atoms with Crippen LogP contribution in [0.5, 0.6) is 0 Å². The van der Waals surface area contributed by atoms with Crippen LogP contribution in [0.15, 0.2) is 28.6 Å². The van der Waals surface area contributed by atoms with Gasteiger partial charge in [0.2, 0.25) is 17.8 Å². The van der Waals surface area contributed by atoms with Gasteiger partial charge in [0.25, 0.3) is 0 Å². The van der Waals surface area contributed by atoms with Crippen molar-refractivity contribution in [3.05, 3.63) is 52.1 Å². The minimum absolute atomic E-state index is 0.125. The molecule has 0 atom stereocenters. The number of hydrogen-bond donors (Lipinski definition) is 1. The maximum Gasteiger partial charge on any atom is 0.233 e. The Morgan fingerprint density at radius 2 is 1.55 bits per heavy atom. The van der Waals surface area contributed by atoms with Gasteiger partial charge in [0.1, 0.15) is 0 Å². The summed E-state index contributed by atoms with van der Waals surface area (Å²) in [7, 11) is 0. The van der Waals surface area contributed by atoms with Crippen molar-refractivity contribution in [2.45, 2.75) is 63.5 Å². The number of aromatic nitrogens is 4. The van der Waals surface area contributed by atoms with Crippen LogP contribution >= 0.6 is 23.1 Å². The van der Waals surface area contributed by atoms with E-state index in [1.807, 2.05) is 13.0 Å². The van der Waals surface area contributed by atoms with Crippen molar-refractivity contribution in [2.24, 2.45) is 0 Å². The van der Waals surface area contributed by atoms with Gasteiger partial charge in [-0.1, -0.05) is 17.8 Å². The summed E-state index contributed by atoms with van der Waals surface area (Å²) in [6.45, 7) is 11.8. The molecule has 0 spiro atoms. The molecule has 2 aromatic heterocycles. The van der Waals surface area contributed by atoms with Crippen molar-refractivity contribution in [1.29, 1.82) is 0 Å². The fourth-order valence-electron chi connectivity index (χ4n) is 5.82. The van der Waals surface area contributed by atoms with Gasteiger partial charge in [0, 0.05) is 43.2 Å². The first-order valence-corrected chi connectivity index (χ1v) is 15.8. The van der Waals surface area contributed by atoms with Crippen molar-refractivity contribution in [1.82, 2.24) is 19.9 Å². The van der Waals surface area contributed by atoms with Crippen LogP contribution in [0.4, 0.5) is 23.5 Å². The number of carbonyl (C=O) groups is 1. The highest BCUT2D eigenvalue weighted by atomic mass is 32.2. The molecule has 0 amide bonds. The van der Waals surface area contributed by atoms with Gasteiger partial charge >= 0.3 is 0 Å². The van der Waals surface area contributed by atoms with E-state index in [-0.39, 0.29) is 5.78 Å².